The second-order valence-electron chi connectivity index (χ2n) is 6.16. The Balaban J connectivity index is 1.64. The molecule has 9 heteroatoms. The minimum Gasteiger partial charge on any atom is -0.465 e. The Kier molecular flexibility index (Phi) is 5.64. The number of pyridine rings is 1. The molecule has 0 aliphatic heterocycles. The molecule has 9 nitrogen and oxygen atoms in total. The molecule has 0 spiro atoms. The zero-order valence-electron chi connectivity index (χ0n) is 15.4. The summed E-state index contributed by atoms with van der Waals surface area (Å²) in [6.45, 7) is 3.76. The average molecular weight is 381 g/mol. The van der Waals surface area contributed by atoms with Gasteiger partial charge in [-0.25, -0.2) is 9.78 Å². The van der Waals surface area contributed by atoms with Crippen molar-refractivity contribution in [3.8, 4) is 0 Å². The predicted octanol–water partition coefficient (Wildman–Crippen LogP) is 2.69. The molecule has 0 aliphatic carbocycles. The fraction of sp³-hybridized carbons (Fsp3) is 0.211. The molecule has 2 aromatic heterocycles. The van der Waals surface area contributed by atoms with Crippen LogP contribution in [0.25, 0.3) is 0 Å². The van der Waals surface area contributed by atoms with Gasteiger partial charge in [-0.05, 0) is 36.6 Å². The number of carbonyl (C=O) groups excluding carboxylic acids is 1. The fourth-order valence-electron chi connectivity index (χ4n) is 2.73. The number of benzene rings is 1. The number of anilines is 1. The summed E-state index contributed by atoms with van der Waals surface area (Å²) in [5.74, 6) is -0.00813. The highest BCUT2D eigenvalue weighted by molar-refractivity contribution is 5.89. The fourth-order valence-corrected chi connectivity index (χ4v) is 2.73. The van der Waals surface area contributed by atoms with Crippen molar-refractivity contribution in [1.82, 2.24) is 20.5 Å². The van der Waals surface area contributed by atoms with E-state index < -0.39 is 12.0 Å². The van der Waals surface area contributed by atoms with Crippen LogP contribution in [-0.2, 0) is 13.0 Å². The van der Waals surface area contributed by atoms with E-state index in [1.807, 2.05) is 37.3 Å². The Hall–Kier alpha value is -3.75. The molecule has 28 heavy (non-hydrogen) atoms. The number of aromatic nitrogens is 3. The van der Waals surface area contributed by atoms with E-state index in [0.717, 1.165) is 16.7 Å². The van der Waals surface area contributed by atoms with Crippen molar-refractivity contribution in [2.45, 2.75) is 26.8 Å². The van der Waals surface area contributed by atoms with Crippen LogP contribution in [0, 0.1) is 13.8 Å². The van der Waals surface area contributed by atoms with Crippen LogP contribution in [0.5, 0.6) is 0 Å². The van der Waals surface area contributed by atoms with E-state index in [1.165, 1.54) is 0 Å². The Morgan fingerprint density at radius 1 is 1.14 bits per heavy atom. The molecule has 0 atom stereocenters. The molecule has 0 aliphatic rings. The molecule has 144 valence electrons. The van der Waals surface area contributed by atoms with Crippen LogP contribution in [0.15, 0.2) is 40.8 Å². The standard InChI is InChI=1S/C19H19N5O4/c1-11-8-15(22-19(26)27)21-12(2)14(11)10-20-17(25)18-24-23-16(28-18)9-13-6-4-3-5-7-13/h3-8H,9-10H2,1-2H3,(H,20,25)(H,21,22)(H,26,27). The third kappa shape index (κ3) is 4.70. The number of rotatable bonds is 6. The molecule has 2 amide bonds. The Morgan fingerprint density at radius 3 is 2.57 bits per heavy atom. The number of carboxylic acid groups (broad SMARTS) is 1. The van der Waals surface area contributed by atoms with Crippen LogP contribution < -0.4 is 10.6 Å². The summed E-state index contributed by atoms with van der Waals surface area (Å²) < 4.78 is 5.44. The Labute approximate surface area is 160 Å². The molecule has 0 radical (unpaired) electrons. The number of nitrogens with zero attached hydrogens (tertiary/aromatic N) is 3. The Bertz CT molecular complexity index is 978. The summed E-state index contributed by atoms with van der Waals surface area (Å²) in [5.41, 5.74) is 3.20. The highest BCUT2D eigenvalue weighted by Gasteiger charge is 2.16. The Morgan fingerprint density at radius 2 is 1.89 bits per heavy atom. The first kappa shape index (κ1) is 19.0. The minimum atomic E-state index is -1.19. The maximum absolute atomic E-state index is 12.3. The van der Waals surface area contributed by atoms with Gasteiger partial charge in [0.2, 0.25) is 5.89 Å². The molecule has 0 fully saturated rings. The topological polar surface area (TPSA) is 130 Å². The van der Waals surface area contributed by atoms with Gasteiger partial charge in [0.05, 0.1) is 6.42 Å². The largest absolute Gasteiger partial charge is 0.465 e. The van der Waals surface area contributed by atoms with Gasteiger partial charge >= 0.3 is 17.9 Å². The maximum atomic E-state index is 12.3. The van der Waals surface area contributed by atoms with Gasteiger partial charge in [-0.2, -0.15) is 0 Å². The monoisotopic (exact) mass is 381 g/mol. The van der Waals surface area contributed by atoms with Gasteiger partial charge in [-0.15, -0.1) is 10.2 Å². The highest BCUT2D eigenvalue weighted by atomic mass is 16.4. The van der Waals surface area contributed by atoms with Crippen molar-refractivity contribution < 1.29 is 19.1 Å². The van der Waals surface area contributed by atoms with E-state index in [4.69, 9.17) is 9.52 Å². The van der Waals surface area contributed by atoms with Gasteiger partial charge in [-0.1, -0.05) is 30.3 Å². The third-order valence-corrected chi connectivity index (χ3v) is 4.07. The first-order valence-electron chi connectivity index (χ1n) is 8.54. The van der Waals surface area contributed by atoms with Gasteiger partial charge < -0.3 is 14.8 Å². The second kappa shape index (κ2) is 8.30. The lowest BCUT2D eigenvalue weighted by atomic mass is 10.1. The zero-order chi connectivity index (χ0) is 20.1. The smallest absolute Gasteiger partial charge is 0.410 e. The van der Waals surface area contributed by atoms with Crippen molar-refractivity contribution in [3.63, 3.8) is 0 Å². The lowest BCUT2D eigenvalue weighted by Gasteiger charge is -2.11. The molecule has 3 rings (SSSR count). The normalized spacial score (nSPS) is 10.5. The van der Waals surface area contributed by atoms with Crippen LogP contribution >= 0.6 is 0 Å². The number of aryl methyl sites for hydroxylation is 2. The summed E-state index contributed by atoms with van der Waals surface area (Å²) in [5, 5.41) is 21.4. The first-order chi connectivity index (χ1) is 13.4. The van der Waals surface area contributed by atoms with E-state index in [9.17, 15) is 9.59 Å². The first-order valence-corrected chi connectivity index (χ1v) is 8.54. The van der Waals surface area contributed by atoms with Crippen LogP contribution in [0.4, 0.5) is 10.6 Å². The lowest BCUT2D eigenvalue weighted by molar-refractivity contribution is 0.0914. The number of hydrogen-bond acceptors (Lipinski definition) is 6. The summed E-state index contributed by atoms with van der Waals surface area (Å²) in [6, 6.07) is 11.2. The average Bonchev–Trinajstić information content (AvgIpc) is 3.09. The quantitative estimate of drug-likeness (QED) is 0.598. The minimum absolute atomic E-state index is 0.113. The molecule has 3 N–H and O–H groups in total. The van der Waals surface area contributed by atoms with Gasteiger partial charge in [0.15, 0.2) is 0 Å². The third-order valence-electron chi connectivity index (χ3n) is 4.07. The number of carbonyl (C=O) groups is 2. The van der Waals surface area contributed by atoms with E-state index >= 15 is 0 Å². The number of nitrogens with one attached hydrogen (secondary N) is 2. The van der Waals surface area contributed by atoms with Gasteiger partial charge in [0.25, 0.3) is 0 Å². The van der Waals surface area contributed by atoms with E-state index in [1.54, 1.807) is 13.0 Å². The summed E-state index contributed by atoms with van der Waals surface area (Å²) >= 11 is 0. The molecular formula is C19H19N5O4. The summed E-state index contributed by atoms with van der Waals surface area (Å²) in [6.07, 6.45) is -0.739. The lowest BCUT2D eigenvalue weighted by Crippen LogP contribution is -2.24. The molecule has 0 bridgehead atoms. The molecule has 0 unspecified atom stereocenters. The molecule has 2 heterocycles. The molecule has 1 aromatic carbocycles. The highest BCUT2D eigenvalue weighted by Crippen LogP contribution is 2.17. The van der Waals surface area contributed by atoms with Crippen LogP contribution in [-0.4, -0.2) is 32.3 Å². The van der Waals surface area contributed by atoms with Crippen LogP contribution in [0.2, 0.25) is 0 Å². The molecule has 0 saturated carbocycles. The maximum Gasteiger partial charge on any atom is 0.410 e. The van der Waals surface area contributed by atoms with Crippen molar-refractivity contribution in [1.29, 1.82) is 0 Å². The zero-order valence-corrected chi connectivity index (χ0v) is 15.4. The summed E-state index contributed by atoms with van der Waals surface area (Å²) in [4.78, 5) is 27.2. The van der Waals surface area contributed by atoms with Crippen LogP contribution in [0.1, 0.15) is 39.0 Å². The molecular weight excluding hydrogens is 362 g/mol. The second-order valence-corrected chi connectivity index (χ2v) is 6.16. The van der Waals surface area contributed by atoms with E-state index in [2.05, 4.69) is 25.8 Å². The van der Waals surface area contributed by atoms with Crippen LogP contribution in [0.3, 0.4) is 0 Å². The van der Waals surface area contributed by atoms with Crippen molar-refractivity contribution in [2.24, 2.45) is 0 Å². The molecule has 0 saturated heterocycles. The van der Waals surface area contributed by atoms with Gasteiger partial charge in [-0.3, -0.25) is 10.1 Å². The summed E-state index contributed by atoms with van der Waals surface area (Å²) in [7, 11) is 0. The SMILES string of the molecule is Cc1cc(NC(=O)O)nc(C)c1CNC(=O)c1nnc(Cc2ccccc2)o1. The number of amides is 2. The number of hydrogen-bond donors (Lipinski definition) is 3. The predicted molar refractivity (Wildman–Crippen MR) is 100 cm³/mol. The van der Waals surface area contributed by atoms with Crippen molar-refractivity contribution >= 4 is 17.8 Å². The van der Waals surface area contributed by atoms with Crippen molar-refractivity contribution in [3.05, 3.63) is 70.6 Å². The molecule has 3 aromatic rings. The van der Waals surface area contributed by atoms with E-state index in [-0.39, 0.29) is 18.3 Å². The van der Waals surface area contributed by atoms with Gasteiger partial charge in [0, 0.05) is 12.2 Å². The van der Waals surface area contributed by atoms with Crippen molar-refractivity contribution in [2.75, 3.05) is 5.32 Å². The van der Waals surface area contributed by atoms with E-state index in [0.29, 0.717) is 18.0 Å². The van der Waals surface area contributed by atoms with Gasteiger partial charge in [0.1, 0.15) is 5.82 Å².